The summed E-state index contributed by atoms with van der Waals surface area (Å²) in [7, 11) is 1.63. The Morgan fingerprint density at radius 3 is 2.30 bits per heavy atom. The van der Waals surface area contributed by atoms with Gasteiger partial charge in [-0.15, -0.1) is 0 Å². The fourth-order valence-corrected chi connectivity index (χ4v) is 7.75. The van der Waals surface area contributed by atoms with E-state index in [1.54, 1.807) is 32.1 Å². The number of sulfone groups is 1. The van der Waals surface area contributed by atoms with Gasteiger partial charge >= 0.3 is 0 Å². The lowest BCUT2D eigenvalue weighted by atomic mass is 10.0. The molecule has 0 bridgehead atoms. The van der Waals surface area contributed by atoms with Crippen LogP contribution in [0, 0.1) is 6.92 Å². The van der Waals surface area contributed by atoms with Crippen molar-refractivity contribution in [1.82, 2.24) is 19.7 Å². The zero-order valence-electron chi connectivity index (χ0n) is 24.7. The van der Waals surface area contributed by atoms with E-state index in [4.69, 9.17) is 24.3 Å². The summed E-state index contributed by atoms with van der Waals surface area (Å²) in [6.07, 6.45) is 0.453. The van der Waals surface area contributed by atoms with Crippen LogP contribution in [0.2, 0.25) is 0 Å². The topological polar surface area (TPSA) is 116 Å². The highest BCUT2D eigenvalue weighted by molar-refractivity contribution is 7.91. The average Bonchev–Trinajstić information content (AvgIpc) is 3.57. The molecule has 1 atom stereocenters. The Balaban J connectivity index is 1.40. The van der Waals surface area contributed by atoms with Gasteiger partial charge in [0.2, 0.25) is 0 Å². The molecule has 4 aromatic rings. The molecule has 2 fully saturated rings. The lowest BCUT2D eigenvalue weighted by molar-refractivity contribution is 0.0748. The van der Waals surface area contributed by atoms with Gasteiger partial charge in [-0.25, -0.2) is 18.1 Å². The number of para-hydroxylation sites is 2. The van der Waals surface area contributed by atoms with Gasteiger partial charge in [0.25, 0.3) is 5.91 Å². The van der Waals surface area contributed by atoms with E-state index in [2.05, 4.69) is 4.90 Å². The van der Waals surface area contributed by atoms with E-state index in [0.29, 0.717) is 72.1 Å². The van der Waals surface area contributed by atoms with Gasteiger partial charge in [0, 0.05) is 31.7 Å². The quantitative estimate of drug-likeness (QED) is 0.311. The van der Waals surface area contributed by atoms with Crippen molar-refractivity contribution in [2.24, 2.45) is 0 Å². The van der Waals surface area contributed by atoms with Gasteiger partial charge in [-0.05, 0) is 49.7 Å². The van der Waals surface area contributed by atoms with Crippen LogP contribution in [0.5, 0.6) is 17.2 Å². The van der Waals surface area contributed by atoms with Gasteiger partial charge in [0.1, 0.15) is 5.75 Å². The van der Waals surface area contributed by atoms with Crippen LogP contribution in [0.25, 0.3) is 22.3 Å². The Hall–Kier alpha value is -4.32. The Labute approximate surface area is 250 Å². The molecule has 0 saturated carbocycles. The van der Waals surface area contributed by atoms with Crippen molar-refractivity contribution < 1.29 is 27.4 Å². The molecule has 6 rings (SSSR count). The number of rotatable bonds is 7. The lowest BCUT2D eigenvalue weighted by Crippen LogP contribution is -2.49. The number of ether oxygens (including phenoxy) is 3. The number of fused-ring (bicyclic) bond motifs is 1. The van der Waals surface area contributed by atoms with Crippen molar-refractivity contribution in [2.45, 2.75) is 19.4 Å². The van der Waals surface area contributed by atoms with E-state index in [9.17, 15) is 13.2 Å². The van der Waals surface area contributed by atoms with E-state index in [1.165, 1.54) is 0 Å². The predicted octanol–water partition coefficient (Wildman–Crippen LogP) is 3.75. The molecule has 2 aliphatic rings. The molecule has 2 saturated heterocycles. The second-order valence-electron chi connectivity index (χ2n) is 10.9. The first-order chi connectivity index (χ1) is 20.7. The molecule has 4 heterocycles. The molecule has 11 nitrogen and oxygen atoms in total. The Morgan fingerprint density at radius 2 is 1.63 bits per heavy atom. The molecule has 2 aromatic heterocycles. The molecule has 0 spiro atoms. The molecule has 0 N–H and O–H groups in total. The largest absolute Gasteiger partial charge is 0.495 e. The van der Waals surface area contributed by atoms with Gasteiger partial charge in [-0.1, -0.05) is 12.1 Å². The van der Waals surface area contributed by atoms with Crippen molar-refractivity contribution in [3.8, 4) is 28.5 Å². The summed E-state index contributed by atoms with van der Waals surface area (Å²) < 4.78 is 42.9. The number of carbonyl (C=O) groups excluding carboxylic acids is 1. The number of benzene rings is 2. The highest BCUT2D eigenvalue weighted by Gasteiger charge is 2.33. The first-order valence-corrected chi connectivity index (χ1v) is 16.0. The second kappa shape index (κ2) is 11.4. The van der Waals surface area contributed by atoms with E-state index in [1.807, 2.05) is 54.3 Å². The van der Waals surface area contributed by atoms with Gasteiger partial charge < -0.3 is 24.0 Å². The molecular weight excluding hydrogens is 570 g/mol. The predicted molar refractivity (Wildman–Crippen MR) is 164 cm³/mol. The van der Waals surface area contributed by atoms with Gasteiger partial charge in [0.15, 0.2) is 27.0 Å². The van der Waals surface area contributed by atoms with Crippen molar-refractivity contribution in [1.29, 1.82) is 0 Å². The maximum atomic E-state index is 14.3. The Morgan fingerprint density at radius 1 is 0.907 bits per heavy atom. The fourth-order valence-electron chi connectivity index (χ4n) is 6.06. The van der Waals surface area contributed by atoms with Crippen LogP contribution >= 0.6 is 0 Å². The van der Waals surface area contributed by atoms with Crippen LogP contribution in [-0.2, 0) is 9.84 Å². The summed E-state index contributed by atoms with van der Waals surface area (Å²) in [6, 6.07) is 14.8. The van der Waals surface area contributed by atoms with Gasteiger partial charge in [0.05, 0.1) is 66.9 Å². The number of hydrogen-bond acceptors (Lipinski definition) is 9. The summed E-state index contributed by atoms with van der Waals surface area (Å²) in [4.78, 5) is 23.3. The van der Waals surface area contributed by atoms with Crippen molar-refractivity contribution in [3.63, 3.8) is 0 Å². The number of anilines is 1. The first kappa shape index (κ1) is 28.8. The summed E-state index contributed by atoms with van der Waals surface area (Å²) >= 11 is 0. The van der Waals surface area contributed by atoms with Crippen molar-refractivity contribution in [2.75, 3.05) is 63.9 Å². The minimum atomic E-state index is -3.17. The number of aromatic nitrogens is 3. The van der Waals surface area contributed by atoms with Gasteiger partial charge in [-0.2, -0.15) is 5.10 Å². The third kappa shape index (κ3) is 5.35. The molecule has 226 valence electrons. The summed E-state index contributed by atoms with van der Waals surface area (Å²) in [5, 5.41) is 5.39. The SMILES string of the molecule is COc1ccc(-c2cc(C(=O)N3CCN(c4ccccc4OC)CC3)c3c(C)nn(C4CCS(=O)(=O)C4)c3n2)cc1OC. The maximum Gasteiger partial charge on any atom is 0.254 e. The maximum absolute atomic E-state index is 14.3. The van der Waals surface area contributed by atoms with Crippen LogP contribution in [0.3, 0.4) is 0 Å². The molecule has 0 radical (unpaired) electrons. The third-order valence-corrected chi connectivity index (χ3v) is 10.0. The van der Waals surface area contributed by atoms with Crippen molar-refractivity contribution >= 4 is 32.5 Å². The van der Waals surface area contributed by atoms with Crippen molar-refractivity contribution in [3.05, 3.63) is 59.8 Å². The highest BCUT2D eigenvalue weighted by atomic mass is 32.2. The zero-order chi connectivity index (χ0) is 30.3. The Kier molecular flexibility index (Phi) is 7.63. The molecule has 12 heteroatoms. The molecule has 2 aromatic carbocycles. The summed E-state index contributed by atoms with van der Waals surface area (Å²) in [6.45, 7) is 4.21. The number of methoxy groups -OCH3 is 3. The molecular formula is C31H35N5O6S. The number of pyridine rings is 1. The normalized spacial score (nSPS) is 18.2. The molecule has 2 aliphatic heterocycles. The zero-order valence-corrected chi connectivity index (χ0v) is 25.6. The van der Waals surface area contributed by atoms with E-state index >= 15 is 0 Å². The van der Waals surface area contributed by atoms with Crippen LogP contribution in [0.15, 0.2) is 48.5 Å². The van der Waals surface area contributed by atoms with Crippen LogP contribution < -0.4 is 19.1 Å². The number of piperazine rings is 1. The Bertz CT molecular complexity index is 1800. The standard InChI is InChI=1S/C31H35N5O6S/c1-20-29-23(31(37)35-14-12-34(13-15-35)25-7-5-6-8-26(25)40-2)18-24(21-9-10-27(41-3)28(17-21)42-4)32-30(29)36(33-20)22-11-16-43(38,39)19-22/h5-10,17-18,22H,11-16,19H2,1-4H3. The van der Waals surface area contributed by atoms with Crippen LogP contribution in [-0.4, -0.2) is 93.0 Å². The van der Waals surface area contributed by atoms with E-state index in [-0.39, 0.29) is 23.5 Å². The van der Waals surface area contributed by atoms with E-state index < -0.39 is 9.84 Å². The third-order valence-electron chi connectivity index (χ3n) is 8.29. The molecule has 0 aliphatic carbocycles. The molecule has 43 heavy (non-hydrogen) atoms. The van der Waals surface area contributed by atoms with E-state index in [0.717, 1.165) is 17.0 Å². The minimum Gasteiger partial charge on any atom is -0.495 e. The summed E-state index contributed by atoms with van der Waals surface area (Å²) in [5.41, 5.74) is 3.93. The molecule has 1 amide bonds. The van der Waals surface area contributed by atoms with Crippen LogP contribution in [0.4, 0.5) is 5.69 Å². The first-order valence-electron chi connectivity index (χ1n) is 14.2. The number of carbonyl (C=O) groups is 1. The number of nitrogens with zero attached hydrogens (tertiary/aromatic N) is 5. The smallest absolute Gasteiger partial charge is 0.254 e. The fraction of sp³-hybridized carbons (Fsp3) is 0.387. The minimum absolute atomic E-state index is 0.000323. The van der Waals surface area contributed by atoms with Crippen LogP contribution in [0.1, 0.15) is 28.5 Å². The average molecular weight is 606 g/mol. The number of hydrogen-bond donors (Lipinski definition) is 0. The lowest BCUT2D eigenvalue weighted by Gasteiger charge is -2.36. The second-order valence-corrected chi connectivity index (χ2v) is 13.1. The molecule has 1 unspecified atom stereocenters. The number of aryl methyl sites for hydroxylation is 1. The number of amides is 1. The monoisotopic (exact) mass is 605 g/mol. The highest BCUT2D eigenvalue weighted by Crippen LogP contribution is 2.36. The summed E-state index contributed by atoms with van der Waals surface area (Å²) in [5.74, 6) is 1.91. The van der Waals surface area contributed by atoms with Gasteiger partial charge in [-0.3, -0.25) is 4.79 Å².